The highest BCUT2D eigenvalue weighted by Crippen LogP contribution is 2.23. The minimum absolute atomic E-state index is 0.377. The lowest BCUT2D eigenvalue weighted by atomic mass is 10.0. The lowest BCUT2D eigenvalue weighted by molar-refractivity contribution is 0.0527. The SMILES string of the molecule is CC(C)(C)OC(=O)NCCCc1cc2c(cc1N)C=NC2. The Morgan fingerprint density at radius 1 is 1.43 bits per heavy atom. The molecule has 3 N–H and O–H groups in total. The van der Waals surface area contributed by atoms with Gasteiger partial charge in [-0.05, 0) is 56.4 Å². The van der Waals surface area contributed by atoms with Crippen LogP contribution in [0.25, 0.3) is 0 Å². The minimum Gasteiger partial charge on any atom is -0.444 e. The molecule has 0 bridgehead atoms. The predicted molar refractivity (Wildman–Crippen MR) is 84.7 cm³/mol. The highest BCUT2D eigenvalue weighted by atomic mass is 16.6. The number of carbonyl (C=O) groups excluding carboxylic acids is 1. The molecule has 0 aliphatic carbocycles. The van der Waals surface area contributed by atoms with Crippen LogP contribution in [0.15, 0.2) is 17.1 Å². The van der Waals surface area contributed by atoms with Gasteiger partial charge in [0.05, 0.1) is 6.54 Å². The number of alkyl carbamates (subject to hydrolysis) is 1. The summed E-state index contributed by atoms with van der Waals surface area (Å²) in [6, 6.07) is 4.09. The summed E-state index contributed by atoms with van der Waals surface area (Å²) in [6.07, 6.45) is 3.13. The van der Waals surface area contributed by atoms with Gasteiger partial charge in [0.2, 0.25) is 0 Å². The molecule has 21 heavy (non-hydrogen) atoms. The number of rotatable bonds is 4. The normalized spacial score (nSPS) is 13.1. The van der Waals surface area contributed by atoms with Crippen LogP contribution in [-0.4, -0.2) is 24.5 Å². The Kier molecular flexibility index (Phi) is 4.50. The van der Waals surface area contributed by atoms with Crippen LogP contribution < -0.4 is 11.1 Å². The number of nitrogens with two attached hydrogens (primary N) is 1. The van der Waals surface area contributed by atoms with Crippen molar-refractivity contribution in [2.75, 3.05) is 12.3 Å². The van der Waals surface area contributed by atoms with E-state index in [2.05, 4.69) is 16.4 Å². The molecule has 0 aromatic heterocycles. The van der Waals surface area contributed by atoms with Gasteiger partial charge in [0, 0.05) is 18.4 Å². The lowest BCUT2D eigenvalue weighted by Gasteiger charge is -2.19. The van der Waals surface area contributed by atoms with Crippen molar-refractivity contribution in [1.82, 2.24) is 5.32 Å². The molecule has 1 aliphatic rings. The van der Waals surface area contributed by atoms with Gasteiger partial charge in [-0.25, -0.2) is 4.79 Å². The molecule has 0 radical (unpaired) electrons. The van der Waals surface area contributed by atoms with Crippen molar-refractivity contribution in [1.29, 1.82) is 0 Å². The van der Waals surface area contributed by atoms with Gasteiger partial charge in [-0.1, -0.05) is 6.07 Å². The third-order valence-corrected chi connectivity index (χ3v) is 3.18. The first kappa shape index (κ1) is 15.4. The fourth-order valence-corrected chi connectivity index (χ4v) is 2.23. The van der Waals surface area contributed by atoms with E-state index < -0.39 is 5.60 Å². The standard InChI is InChI=1S/C16H23N3O2/c1-16(2,3)21-15(20)19-6-4-5-11-7-12-9-18-10-13(12)8-14(11)17/h7-8,10H,4-6,9,17H2,1-3H3,(H,19,20). The Balaban J connectivity index is 1.78. The first-order valence-electron chi connectivity index (χ1n) is 7.23. The summed E-state index contributed by atoms with van der Waals surface area (Å²) in [6.45, 7) is 6.85. The Bertz CT molecular complexity index is 559. The van der Waals surface area contributed by atoms with Crippen molar-refractivity contribution in [2.45, 2.75) is 45.8 Å². The molecule has 0 unspecified atom stereocenters. The average molecular weight is 289 g/mol. The number of nitrogens with one attached hydrogen (secondary N) is 1. The lowest BCUT2D eigenvalue weighted by Crippen LogP contribution is -2.33. The number of nitrogens with zero attached hydrogens (tertiary/aromatic N) is 1. The first-order chi connectivity index (χ1) is 9.85. The van der Waals surface area contributed by atoms with Crippen molar-refractivity contribution in [3.8, 4) is 0 Å². The summed E-state index contributed by atoms with van der Waals surface area (Å²) >= 11 is 0. The van der Waals surface area contributed by atoms with Gasteiger partial charge in [0.1, 0.15) is 5.60 Å². The Hall–Kier alpha value is -2.04. The average Bonchev–Trinajstić information content (AvgIpc) is 2.79. The molecule has 0 saturated heterocycles. The quantitative estimate of drug-likeness (QED) is 0.661. The van der Waals surface area contributed by atoms with Crippen LogP contribution in [0.5, 0.6) is 0 Å². The number of fused-ring (bicyclic) bond motifs is 1. The Morgan fingerprint density at radius 2 is 2.19 bits per heavy atom. The van der Waals surface area contributed by atoms with Gasteiger partial charge in [-0.2, -0.15) is 0 Å². The van der Waals surface area contributed by atoms with Gasteiger partial charge in [0.15, 0.2) is 0 Å². The number of aliphatic imine (C=N–C) groups is 1. The van der Waals surface area contributed by atoms with Gasteiger partial charge in [0.25, 0.3) is 0 Å². The molecule has 5 heteroatoms. The molecule has 0 fully saturated rings. The maximum absolute atomic E-state index is 11.5. The second-order valence-corrected chi connectivity index (χ2v) is 6.25. The minimum atomic E-state index is -0.464. The predicted octanol–water partition coefficient (Wildman–Crippen LogP) is 2.66. The molecule has 0 atom stereocenters. The molecule has 5 nitrogen and oxygen atoms in total. The molecule has 0 saturated carbocycles. The van der Waals surface area contributed by atoms with Gasteiger partial charge in [-0.15, -0.1) is 0 Å². The monoisotopic (exact) mass is 289 g/mol. The second kappa shape index (κ2) is 6.16. The van der Waals surface area contributed by atoms with E-state index in [0.717, 1.165) is 36.2 Å². The number of carbonyl (C=O) groups is 1. The van der Waals surface area contributed by atoms with E-state index in [4.69, 9.17) is 10.5 Å². The number of benzene rings is 1. The molecule has 114 valence electrons. The van der Waals surface area contributed by atoms with E-state index in [0.29, 0.717) is 6.54 Å². The summed E-state index contributed by atoms with van der Waals surface area (Å²) in [5.74, 6) is 0. The van der Waals surface area contributed by atoms with E-state index in [1.165, 1.54) is 5.56 Å². The fraction of sp³-hybridized carbons (Fsp3) is 0.500. The smallest absolute Gasteiger partial charge is 0.407 e. The second-order valence-electron chi connectivity index (χ2n) is 6.25. The van der Waals surface area contributed by atoms with E-state index in [-0.39, 0.29) is 6.09 Å². The summed E-state index contributed by atoms with van der Waals surface area (Å²) in [7, 11) is 0. The molecule has 2 rings (SSSR count). The molecular weight excluding hydrogens is 266 g/mol. The van der Waals surface area contributed by atoms with E-state index in [1.807, 2.05) is 33.1 Å². The summed E-state index contributed by atoms with van der Waals surface area (Å²) in [5.41, 5.74) is 9.82. The topological polar surface area (TPSA) is 76.7 Å². The first-order valence-corrected chi connectivity index (χ1v) is 7.23. The highest BCUT2D eigenvalue weighted by molar-refractivity contribution is 5.86. The number of ether oxygens (including phenoxy) is 1. The van der Waals surface area contributed by atoms with Gasteiger partial charge in [-0.3, -0.25) is 4.99 Å². The highest BCUT2D eigenvalue weighted by Gasteiger charge is 2.15. The van der Waals surface area contributed by atoms with Crippen molar-refractivity contribution in [3.63, 3.8) is 0 Å². The molecule has 1 heterocycles. The molecular formula is C16H23N3O2. The van der Waals surface area contributed by atoms with Gasteiger partial charge >= 0.3 is 6.09 Å². The fourth-order valence-electron chi connectivity index (χ4n) is 2.23. The van der Waals surface area contributed by atoms with Crippen molar-refractivity contribution in [2.24, 2.45) is 4.99 Å². The Morgan fingerprint density at radius 3 is 2.90 bits per heavy atom. The Labute approximate surface area is 125 Å². The van der Waals surface area contributed by atoms with Crippen LogP contribution in [0.4, 0.5) is 10.5 Å². The van der Waals surface area contributed by atoms with Crippen LogP contribution in [0.1, 0.15) is 43.9 Å². The van der Waals surface area contributed by atoms with Gasteiger partial charge < -0.3 is 15.8 Å². The van der Waals surface area contributed by atoms with Crippen LogP contribution in [0, 0.1) is 0 Å². The summed E-state index contributed by atoms with van der Waals surface area (Å²) in [4.78, 5) is 15.7. The van der Waals surface area contributed by atoms with Crippen molar-refractivity contribution < 1.29 is 9.53 Å². The van der Waals surface area contributed by atoms with Crippen molar-refractivity contribution >= 4 is 18.0 Å². The molecule has 1 aromatic rings. The molecule has 1 aromatic carbocycles. The molecule has 1 aliphatic heterocycles. The summed E-state index contributed by atoms with van der Waals surface area (Å²) < 4.78 is 5.18. The number of aryl methyl sites for hydroxylation is 1. The third kappa shape index (κ3) is 4.48. The van der Waals surface area contributed by atoms with Crippen LogP contribution in [0.3, 0.4) is 0 Å². The number of amides is 1. The largest absolute Gasteiger partial charge is 0.444 e. The maximum atomic E-state index is 11.5. The van der Waals surface area contributed by atoms with E-state index in [9.17, 15) is 4.79 Å². The van der Waals surface area contributed by atoms with E-state index in [1.54, 1.807) is 0 Å². The molecule has 0 spiro atoms. The molecule has 1 amide bonds. The van der Waals surface area contributed by atoms with Crippen LogP contribution in [0.2, 0.25) is 0 Å². The third-order valence-electron chi connectivity index (χ3n) is 3.18. The van der Waals surface area contributed by atoms with E-state index >= 15 is 0 Å². The number of hydrogen-bond donors (Lipinski definition) is 2. The number of anilines is 1. The maximum Gasteiger partial charge on any atom is 0.407 e. The zero-order valence-electron chi connectivity index (χ0n) is 12.9. The number of nitrogen functional groups attached to an aromatic ring is 1. The zero-order valence-corrected chi connectivity index (χ0v) is 12.9. The zero-order chi connectivity index (χ0) is 15.5. The van der Waals surface area contributed by atoms with Crippen LogP contribution in [-0.2, 0) is 17.7 Å². The van der Waals surface area contributed by atoms with Crippen molar-refractivity contribution in [3.05, 3.63) is 28.8 Å². The summed E-state index contributed by atoms with van der Waals surface area (Å²) in [5, 5.41) is 2.75. The van der Waals surface area contributed by atoms with Crippen LogP contribution >= 0.6 is 0 Å². The number of hydrogen-bond acceptors (Lipinski definition) is 4.